The molecule has 2 aromatic carbocycles. The Bertz CT molecular complexity index is 728. The number of piperidine rings is 1. The van der Waals surface area contributed by atoms with Crippen LogP contribution in [0.2, 0.25) is 0 Å². The van der Waals surface area contributed by atoms with Gasteiger partial charge >= 0.3 is 0 Å². The zero-order valence-electron chi connectivity index (χ0n) is 18.2. The Hall–Kier alpha value is -1.68. The van der Waals surface area contributed by atoms with E-state index in [0.29, 0.717) is 5.92 Å². The van der Waals surface area contributed by atoms with Gasteiger partial charge in [-0.15, -0.1) is 0 Å². The van der Waals surface area contributed by atoms with E-state index in [0.717, 1.165) is 56.4 Å². The molecule has 3 rings (SSSR count). The van der Waals surface area contributed by atoms with Crippen LogP contribution in [-0.4, -0.2) is 34.7 Å². The van der Waals surface area contributed by atoms with Gasteiger partial charge in [0.15, 0.2) is 0 Å². The summed E-state index contributed by atoms with van der Waals surface area (Å²) in [6, 6.07) is 18.4. The van der Waals surface area contributed by atoms with Crippen LogP contribution in [0.15, 0.2) is 54.6 Å². The fraction of sp³-hybridized carbons (Fsp3) is 0.538. The van der Waals surface area contributed by atoms with Gasteiger partial charge in [-0.3, -0.25) is 0 Å². The molecule has 2 N–H and O–H groups in total. The SMILES string of the molecule is CC(C)(C)c1ccc([C@@H](O)CCCN2CCC(C(O)c3ccccc3)CC2)cc1. The minimum atomic E-state index is -0.388. The summed E-state index contributed by atoms with van der Waals surface area (Å²) in [6.07, 6.45) is 3.12. The van der Waals surface area contributed by atoms with Crippen LogP contribution in [0.25, 0.3) is 0 Å². The lowest BCUT2D eigenvalue weighted by Gasteiger charge is -2.34. The summed E-state index contributed by atoms with van der Waals surface area (Å²) in [5, 5.41) is 21.2. The largest absolute Gasteiger partial charge is 0.388 e. The van der Waals surface area contributed by atoms with E-state index in [2.05, 4.69) is 49.9 Å². The third-order valence-electron chi connectivity index (χ3n) is 6.33. The highest BCUT2D eigenvalue weighted by atomic mass is 16.3. The lowest BCUT2D eigenvalue weighted by atomic mass is 9.86. The fourth-order valence-electron chi connectivity index (χ4n) is 4.29. The number of hydrogen-bond donors (Lipinski definition) is 2. The average Bonchev–Trinajstić information content (AvgIpc) is 2.74. The van der Waals surface area contributed by atoms with Crippen molar-refractivity contribution in [3.8, 4) is 0 Å². The number of aliphatic hydroxyl groups excluding tert-OH is 2. The Morgan fingerprint density at radius 2 is 1.52 bits per heavy atom. The molecule has 0 radical (unpaired) electrons. The summed E-state index contributed by atoms with van der Waals surface area (Å²) >= 11 is 0. The van der Waals surface area contributed by atoms with E-state index in [1.807, 2.05) is 30.3 Å². The summed E-state index contributed by atoms with van der Waals surface area (Å²) < 4.78 is 0. The number of hydrogen-bond acceptors (Lipinski definition) is 3. The first-order valence-corrected chi connectivity index (χ1v) is 11.1. The van der Waals surface area contributed by atoms with E-state index in [-0.39, 0.29) is 17.6 Å². The van der Waals surface area contributed by atoms with Gasteiger partial charge < -0.3 is 15.1 Å². The fourth-order valence-corrected chi connectivity index (χ4v) is 4.29. The first-order valence-electron chi connectivity index (χ1n) is 11.1. The van der Waals surface area contributed by atoms with Gasteiger partial charge in [0, 0.05) is 0 Å². The number of nitrogens with zero attached hydrogens (tertiary/aromatic N) is 1. The molecule has 1 aliphatic heterocycles. The van der Waals surface area contributed by atoms with Crippen molar-refractivity contribution in [3.63, 3.8) is 0 Å². The molecule has 0 amide bonds. The van der Waals surface area contributed by atoms with E-state index in [1.165, 1.54) is 5.56 Å². The van der Waals surface area contributed by atoms with Gasteiger partial charge in [0.1, 0.15) is 0 Å². The van der Waals surface area contributed by atoms with Gasteiger partial charge in [-0.1, -0.05) is 75.4 Å². The zero-order chi connectivity index (χ0) is 20.9. The van der Waals surface area contributed by atoms with Crippen molar-refractivity contribution in [3.05, 3.63) is 71.3 Å². The van der Waals surface area contributed by atoms with Gasteiger partial charge in [-0.05, 0) is 73.3 Å². The summed E-state index contributed by atoms with van der Waals surface area (Å²) in [7, 11) is 0. The molecule has 0 saturated carbocycles. The van der Waals surface area contributed by atoms with Crippen molar-refractivity contribution in [2.24, 2.45) is 5.92 Å². The van der Waals surface area contributed by atoms with E-state index in [9.17, 15) is 10.2 Å². The Morgan fingerprint density at radius 1 is 0.897 bits per heavy atom. The van der Waals surface area contributed by atoms with Crippen LogP contribution in [-0.2, 0) is 5.41 Å². The third kappa shape index (κ3) is 6.15. The van der Waals surface area contributed by atoms with Crippen molar-refractivity contribution in [1.29, 1.82) is 0 Å². The molecule has 0 spiro atoms. The van der Waals surface area contributed by atoms with E-state index < -0.39 is 0 Å². The first kappa shape index (κ1) is 22.0. The summed E-state index contributed by atoms with van der Waals surface area (Å²) in [5.74, 6) is 0.348. The molecule has 2 atom stereocenters. The van der Waals surface area contributed by atoms with Crippen LogP contribution >= 0.6 is 0 Å². The molecular weight excluding hydrogens is 358 g/mol. The van der Waals surface area contributed by atoms with Crippen LogP contribution in [0.1, 0.15) is 75.4 Å². The van der Waals surface area contributed by atoms with E-state index in [1.54, 1.807) is 0 Å². The monoisotopic (exact) mass is 395 g/mol. The summed E-state index contributed by atoms with van der Waals surface area (Å²) in [4.78, 5) is 2.48. The Kier molecular flexibility index (Phi) is 7.50. The summed E-state index contributed by atoms with van der Waals surface area (Å²) in [5.41, 5.74) is 3.49. The highest BCUT2D eigenvalue weighted by Crippen LogP contribution is 2.31. The van der Waals surface area contributed by atoms with Crippen molar-refractivity contribution >= 4 is 0 Å². The van der Waals surface area contributed by atoms with Crippen LogP contribution < -0.4 is 0 Å². The lowest BCUT2D eigenvalue weighted by molar-refractivity contribution is 0.0569. The predicted octanol–water partition coefficient (Wildman–Crippen LogP) is 5.24. The van der Waals surface area contributed by atoms with Gasteiger partial charge in [0.05, 0.1) is 12.2 Å². The third-order valence-corrected chi connectivity index (χ3v) is 6.33. The quantitative estimate of drug-likeness (QED) is 0.673. The molecule has 1 unspecified atom stereocenters. The van der Waals surface area contributed by atoms with Crippen molar-refractivity contribution in [1.82, 2.24) is 4.90 Å². The molecule has 1 fully saturated rings. The maximum Gasteiger partial charge on any atom is 0.0819 e. The maximum absolute atomic E-state index is 10.6. The van der Waals surface area contributed by atoms with Gasteiger partial charge in [0.2, 0.25) is 0 Å². The normalized spacial score (nSPS) is 18.5. The van der Waals surface area contributed by atoms with E-state index in [4.69, 9.17) is 0 Å². The van der Waals surface area contributed by atoms with Crippen LogP contribution in [0.3, 0.4) is 0 Å². The second-order valence-corrected chi connectivity index (χ2v) is 9.56. The second kappa shape index (κ2) is 9.88. The summed E-state index contributed by atoms with van der Waals surface area (Å²) in [6.45, 7) is 9.71. The maximum atomic E-state index is 10.6. The molecule has 3 nitrogen and oxygen atoms in total. The molecule has 1 heterocycles. The molecule has 158 valence electrons. The zero-order valence-corrected chi connectivity index (χ0v) is 18.2. The molecule has 2 aromatic rings. The molecule has 0 aliphatic carbocycles. The molecule has 3 heteroatoms. The van der Waals surface area contributed by atoms with Crippen molar-refractivity contribution < 1.29 is 10.2 Å². The average molecular weight is 396 g/mol. The Labute approximate surface area is 176 Å². The van der Waals surface area contributed by atoms with Crippen LogP contribution in [0.4, 0.5) is 0 Å². The van der Waals surface area contributed by atoms with Gasteiger partial charge in [-0.2, -0.15) is 0 Å². The van der Waals surface area contributed by atoms with E-state index >= 15 is 0 Å². The molecule has 0 bridgehead atoms. The highest BCUT2D eigenvalue weighted by molar-refractivity contribution is 5.28. The molecule has 1 saturated heterocycles. The smallest absolute Gasteiger partial charge is 0.0819 e. The van der Waals surface area contributed by atoms with Crippen LogP contribution in [0, 0.1) is 5.92 Å². The molecular formula is C26H37NO2. The molecule has 1 aliphatic rings. The lowest BCUT2D eigenvalue weighted by Crippen LogP contribution is -2.36. The van der Waals surface area contributed by atoms with Gasteiger partial charge in [0.25, 0.3) is 0 Å². The van der Waals surface area contributed by atoms with Crippen molar-refractivity contribution in [2.75, 3.05) is 19.6 Å². The Morgan fingerprint density at radius 3 is 2.10 bits per heavy atom. The minimum Gasteiger partial charge on any atom is -0.388 e. The number of likely N-dealkylation sites (tertiary alicyclic amines) is 1. The number of aliphatic hydroxyl groups is 2. The number of rotatable bonds is 7. The standard InChI is InChI=1S/C26H37NO2/c1-26(2,3)23-13-11-20(12-14-23)24(28)10-7-17-27-18-15-22(16-19-27)25(29)21-8-5-4-6-9-21/h4-6,8-9,11-14,22,24-25,28-29H,7,10,15-19H2,1-3H3/t24-,25?/m0/s1. The first-order chi connectivity index (χ1) is 13.8. The van der Waals surface area contributed by atoms with Gasteiger partial charge in [-0.25, -0.2) is 0 Å². The molecule has 0 aromatic heterocycles. The Balaban J connectivity index is 1.39. The number of benzene rings is 2. The predicted molar refractivity (Wildman–Crippen MR) is 120 cm³/mol. The molecule has 29 heavy (non-hydrogen) atoms. The van der Waals surface area contributed by atoms with Crippen molar-refractivity contribution in [2.45, 2.75) is 64.1 Å². The van der Waals surface area contributed by atoms with Crippen LogP contribution in [0.5, 0.6) is 0 Å². The minimum absolute atomic E-state index is 0.143. The topological polar surface area (TPSA) is 43.7 Å². The second-order valence-electron chi connectivity index (χ2n) is 9.56. The highest BCUT2D eigenvalue weighted by Gasteiger charge is 2.26.